The normalized spacial score (nSPS) is 13.4. The number of nitrogens with one attached hydrogen (secondary N) is 2. The van der Waals surface area contributed by atoms with E-state index in [4.69, 9.17) is 9.47 Å². The molecule has 3 rings (SSSR count). The van der Waals surface area contributed by atoms with Gasteiger partial charge in [0.25, 0.3) is 10.0 Å². The van der Waals surface area contributed by atoms with Gasteiger partial charge in [0, 0.05) is 5.38 Å². The van der Waals surface area contributed by atoms with Crippen molar-refractivity contribution in [3.05, 3.63) is 29.1 Å². The Morgan fingerprint density at radius 1 is 1.26 bits per heavy atom. The summed E-state index contributed by atoms with van der Waals surface area (Å²) in [4.78, 5) is 11.5. The highest BCUT2D eigenvalue weighted by Crippen LogP contribution is 2.41. The van der Waals surface area contributed by atoms with Gasteiger partial charge in [-0.1, -0.05) is 12.1 Å². The monoisotopic (exact) mass is 354 g/mol. The molecule has 0 radical (unpaired) electrons. The summed E-state index contributed by atoms with van der Waals surface area (Å²) in [6.07, 6.45) is 0.237. The van der Waals surface area contributed by atoms with Gasteiger partial charge in [0.15, 0.2) is 15.7 Å². The van der Waals surface area contributed by atoms with Crippen LogP contribution in [-0.4, -0.2) is 28.5 Å². The summed E-state index contributed by atoms with van der Waals surface area (Å²) in [6.45, 7) is 0. The number of rotatable bonds is 5. The molecule has 9 heteroatoms. The number of thiophene rings is 1. The Balaban J connectivity index is 1.99. The molecule has 0 aliphatic carbocycles. The largest absolute Gasteiger partial charge is 0.492 e. The molecule has 1 aliphatic rings. The molecule has 2 aromatic rings. The van der Waals surface area contributed by atoms with Crippen molar-refractivity contribution < 1.29 is 22.7 Å². The van der Waals surface area contributed by atoms with E-state index in [1.807, 2.05) is 0 Å². The first-order chi connectivity index (χ1) is 11.0. The zero-order chi connectivity index (χ0) is 16.6. The minimum Gasteiger partial charge on any atom is -0.492 e. The fourth-order valence-corrected chi connectivity index (χ4v) is 4.82. The van der Waals surface area contributed by atoms with Crippen molar-refractivity contribution in [1.82, 2.24) is 0 Å². The quantitative estimate of drug-likeness (QED) is 0.857. The van der Waals surface area contributed by atoms with Gasteiger partial charge in [-0.3, -0.25) is 9.52 Å². The number of sulfonamides is 1. The van der Waals surface area contributed by atoms with E-state index in [2.05, 4.69) is 10.0 Å². The molecule has 0 atom stereocenters. The Kier molecular flexibility index (Phi) is 3.90. The zero-order valence-electron chi connectivity index (χ0n) is 12.4. The summed E-state index contributed by atoms with van der Waals surface area (Å²) < 4.78 is 38.0. The topological polar surface area (TPSA) is 93.7 Å². The number of amides is 1. The molecule has 2 heterocycles. The number of hydrogen-bond donors (Lipinski definition) is 2. The lowest BCUT2D eigenvalue weighted by molar-refractivity contribution is -0.115. The molecule has 23 heavy (non-hydrogen) atoms. The van der Waals surface area contributed by atoms with E-state index < -0.39 is 10.0 Å². The van der Waals surface area contributed by atoms with Crippen LogP contribution in [0.25, 0.3) is 0 Å². The van der Waals surface area contributed by atoms with Crippen LogP contribution in [0.3, 0.4) is 0 Å². The Labute approximate surface area is 137 Å². The highest BCUT2D eigenvalue weighted by molar-refractivity contribution is 7.94. The first-order valence-electron chi connectivity index (χ1n) is 6.60. The Hall–Kier alpha value is -2.26. The second kappa shape index (κ2) is 5.74. The van der Waals surface area contributed by atoms with E-state index >= 15 is 0 Å². The predicted octanol–water partition coefficient (Wildman–Crippen LogP) is 2.06. The molecule has 0 spiro atoms. The Morgan fingerprint density at radius 3 is 2.74 bits per heavy atom. The van der Waals surface area contributed by atoms with Gasteiger partial charge < -0.3 is 14.8 Å². The molecule has 1 aromatic carbocycles. The second-order valence-corrected chi connectivity index (χ2v) is 7.55. The molecule has 0 saturated heterocycles. The maximum absolute atomic E-state index is 12.6. The van der Waals surface area contributed by atoms with Crippen LogP contribution in [-0.2, 0) is 21.2 Å². The number of hydrogen-bond acceptors (Lipinski definition) is 6. The third-order valence-corrected chi connectivity index (χ3v) is 6.20. The number of carbonyl (C=O) groups is 1. The molecular weight excluding hydrogens is 340 g/mol. The van der Waals surface area contributed by atoms with Gasteiger partial charge in [0.05, 0.1) is 32.0 Å². The van der Waals surface area contributed by atoms with Crippen LogP contribution in [0.5, 0.6) is 11.5 Å². The maximum Gasteiger partial charge on any atom is 0.275 e. The van der Waals surface area contributed by atoms with Crippen molar-refractivity contribution in [1.29, 1.82) is 0 Å². The third-order valence-electron chi connectivity index (χ3n) is 3.36. The van der Waals surface area contributed by atoms with Crippen LogP contribution in [0.1, 0.15) is 5.56 Å². The lowest BCUT2D eigenvalue weighted by Crippen LogP contribution is -2.14. The van der Waals surface area contributed by atoms with E-state index in [1.165, 1.54) is 14.2 Å². The first-order valence-corrected chi connectivity index (χ1v) is 8.96. The standard InChI is InChI=1S/C14H14N2O5S2/c1-20-10-7-22-14(13(10)21-2)23(18,19)16-9-5-3-4-8-6-11(17)15-12(8)9/h3-5,7,16H,6H2,1-2H3,(H,15,17). The first kappa shape index (κ1) is 15.6. The molecule has 1 aromatic heterocycles. The summed E-state index contributed by atoms with van der Waals surface area (Å²) in [6, 6.07) is 5.07. The van der Waals surface area contributed by atoms with E-state index in [9.17, 15) is 13.2 Å². The van der Waals surface area contributed by atoms with Gasteiger partial charge in [-0.25, -0.2) is 8.42 Å². The highest BCUT2D eigenvalue weighted by Gasteiger charge is 2.28. The summed E-state index contributed by atoms with van der Waals surface area (Å²) in [7, 11) is -1.05. The van der Waals surface area contributed by atoms with Crippen molar-refractivity contribution in [2.24, 2.45) is 0 Å². The molecule has 122 valence electrons. The third kappa shape index (κ3) is 2.73. The summed E-state index contributed by atoms with van der Waals surface area (Å²) in [5.41, 5.74) is 1.57. The van der Waals surface area contributed by atoms with Crippen molar-refractivity contribution in [3.63, 3.8) is 0 Å². The Morgan fingerprint density at radius 2 is 2.04 bits per heavy atom. The SMILES string of the molecule is COc1csc(S(=O)(=O)Nc2cccc3c2NC(=O)C3)c1OC. The van der Waals surface area contributed by atoms with Gasteiger partial charge in [0.2, 0.25) is 5.91 Å². The number of fused-ring (bicyclic) bond motifs is 1. The molecule has 0 fully saturated rings. The summed E-state index contributed by atoms with van der Waals surface area (Å²) in [5, 5.41) is 4.23. The molecule has 2 N–H and O–H groups in total. The van der Waals surface area contributed by atoms with Crippen LogP contribution in [0, 0.1) is 0 Å². The van der Waals surface area contributed by atoms with Gasteiger partial charge >= 0.3 is 0 Å². The van der Waals surface area contributed by atoms with Crippen molar-refractivity contribution in [3.8, 4) is 11.5 Å². The van der Waals surface area contributed by atoms with Crippen molar-refractivity contribution in [2.75, 3.05) is 24.3 Å². The number of para-hydroxylation sites is 1. The van der Waals surface area contributed by atoms with Crippen LogP contribution in [0.2, 0.25) is 0 Å². The van der Waals surface area contributed by atoms with Crippen LogP contribution in [0.15, 0.2) is 27.8 Å². The maximum atomic E-state index is 12.6. The lowest BCUT2D eigenvalue weighted by atomic mass is 10.1. The molecule has 0 unspecified atom stereocenters. The smallest absolute Gasteiger partial charge is 0.275 e. The average molecular weight is 354 g/mol. The molecule has 0 bridgehead atoms. The fraction of sp³-hybridized carbons (Fsp3) is 0.214. The van der Waals surface area contributed by atoms with Crippen LogP contribution < -0.4 is 19.5 Å². The molecular formula is C14H14N2O5S2. The zero-order valence-corrected chi connectivity index (χ0v) is 14.0. The summed E-state index contributed by atoms with van der Waals surface area (Å²) >= 11 is 0.998. The Bertz CT molecular complexity index is 873. The summed E-state index contributed by atoms with van der Waals surface area (Å²) in [5.74, 6) is 0.341. The number of ether oxygens (including phenoxy) is 2. The number of benzene rings is 1. The van der Waals surface area contributed by atoms with E-state index in [0.29, 0.717) is 17.1 Å². The number of carbonyl (C=O) groups excluding carboxylic acids is 1. The second-order valence-electron chi connectivity index (χ2n) is 4.79. The minimum atomic E-state index is -3.87. The van der Waals surface area contributed by atoms with Crippen molar-refractivity contribution in [2.45, 2.75) is 10.6 Å². The van der Waals surface area contributed by atoms with Gasteiger partial charge in [-0.2, -0.15) is 0 Å². The van der Waals surface area contributed by atoms with Gasteiger partial charge in [-0.15, -0.1) is 11.3 Å². The fourth-order valence-electron chi connectivity index (χ4n) is 2.35. The lowest BCUT2D eigenvalue weighted by Gasteiger charge is -2.12. The van der Waals surface area contributed by atoms with E-state index in [-0.39, 0.29) is 22.3 Å². The molecule has 7 nitrogen and oxygen atoms in total. The highest BCUT2D eigenvalue weighted by atomic mass is 32.2. The van der Waals surface area contributed by atoms with Crippen LogP contribution in [0.4, 0.5) is 11.4 Å². The van der Waals surface area contributed by atoms with Gasteiger partial charge in [0.1, 0.15) is 0 Å². The van der Waals surface area contributed by atoms with Crippen LogP contribution >= 0.6 is 11.3 Å². The van der Waals surface area contributed by atoms with Crippen molar-refractivity contribution >= 4 is 38.6 Å². The number of methoxy groups -OCH3 is 2. The molecule has 0 saturated carbocycles. The van der Waals surface area contributed by atoms with E-state index in [0.717, 1.165) is 16.9 Å². The molecule has 1 aliphatic heterocycles. The predicted molar refractivity (Wildman–Crippen MR) is 87.0 cm³/mol. The van der Waals surface area contributed by atoms with Gasteiger partial charge in [-0.05, 0) is 11.6 Å². The average Bonchev–Trinajstić information content (AvgIpc) is 3.09. The number of anilines is 2. The van der Waals surface area contributed by atoms with E-state index in [1.54, 1.807) is 23.6 Å². The minimum absolute atomic E-state index is 0.0128. The molecule has 1 amide bonds.